The largest absolute Gasteiger partial charge is 0.494 e. The number of hydrogen-bond acceptors (Lipinski definition) is 4. The van der Waals surface area contributed by atoms with Crippen molar-refractivity contribution in [3.63, 3.8) is 0 Å². The summed E-state index contributed by atoms with van der Waals surface area (Å²) in [6.45, 7) is 4.63. The van der Waals surface area contributed by atoms with Crippen molar-refractivity contribution in [2.75, 3.05) is 6.61 Å². The quantitative estimate of drug-likeness (QED) is 0.422. The molecule has 0 saturated carbocycles. The summed E-state index contributed by atoms with van der Waals surface area (Å²) < 4.78 is 7.62. The first-order valence-electron chi connectivity index (χ1n) is 9.00. The first kappa shape index (κ1) is 17.6. The second-order valence-electron chi connectivity index (χ2n) is 6.26. The van der Waals surface area contributed by atoms with E-state index in [0.29, 0.717) is 6.61 Å². The molecule has 0 atom stereocenters. The zero-order valence-corrected chi connectivity index (χ0v) is 16.2. The maximum Gasteiger partial charge on any atom is 0.196 e. The van der Waals surface area contributed by atoms with E-state index in [1.165, 1.54) is 16.3 Å². The Kier molecular flexibility index (Phi) is 5.12. The molecule has 4 aromatic rings. The Bertz CT molecular complexity index is 1060. The molecule has 0 fully saturated rings. The Labute approximate surface area is 163 Å². The molecule has 3 aromatic carbocycles. The SMILES string of the molecule is CCOc1ccc(-n2c(C)nnc2SCc2ccc3ccccc3c2)cc1. The Morgan fingerprint density at radius 1 is 0.926 bits per heavy atom. The first-order chi connectivity index (χ1) is 13.2. The maximum absolute atomic E-state index is 5.53. The van der Waals surface area contributed by atoms with E-state index in [0.717, 1.165) is 28.2 Å². The van der Waals surface area contributed by atoms with Crippen LogP contribution in [0.5, 0.6) is 5.75 Å². The molecule has 0 amide bonds. The summed E-state index contributed by atoms with van der Waals surface area (Å²) in [5.41, 5.74) is 2.32. The van der Waals surface area contributed by atoms with Gasteiger partial charge >= 0.3 is 0 Å². The zero-order valence-electron chi connectivity index (χ0n) is 15.4. The third-order valence-electron chi connectivity index (χ3n) is 4.38. The highest BCUT2D eigenvalue weighted by Gasteiger charge is 2.12. The number of nitrogens with zero attached hydrogens (tertiary/aromatic N) is 3. The van der Waals surface area contributed by atoms with Crippen molar-refractivity contribution in [1.29, 1.82) is 0 Å². The Morgan fingerprint density at radius 2 is 1.70 bits per heavy atom. The van der Waals surface area contributed by atoms with E-state index in [9.17, 15) is 0 Å². The third kappa shape index (κ3) is 3.83. The molecule has 4 rings (SSSR count). The van der Waals surface area contributed by atoms with Crippen molar-refractivity contribution in [1.82, 2.24) is 14.8 Å². The average molecular weight is 375 g/mol. The van der Waals surface area contributed by atoms with Gasteiger partial charge in [0.2, 0.25) is 0 Å². The van der Waals surface area contributed by atoms with Gasteiger partial charge in [0.05, 0.1) is 6.61 Å². The molecule has 0 aliphatic rings. The Hall–Kier alpha value is -2.79. The highest BCUT2D eigenvalue weighted by atomic mass is 32.2. The van der Waals surface area contributed by atoms with Gasteiger partial charge in [-0.1, -0.05) is 54.2 Å². The van der Waals surface area contributed by atoms with Crippen LogP contribution in [0.4, 0.5) is 0 Å². The van der Waals surface area contributed by atoms with Crippen LogP contribution in [0.2, 0.25) is 0 Å². The second-order valence-corrected chi connectivity index (χ2v) is 7.20. The molecular weight excluding hydrogens is 354 g/mol. The van der Waals surface area contributed by atoms with Gasteiger partial charge in [0.25, 0.3) is 0 Å². The molecule has 0 spiro atoms. The molecule has 1 aromatic heterocycles. The molecule has 27 heavy (non-hydrogen) atoms. The minimum absolute atomic E-state index is 0.665. The van der Waals surface area contributed by atoms with Crippen molar-refractivity contribution < 1.29 is 4.74 Å². The summed E-state index contributed by atoms with van der Waals surface area (Å²) in [4.78, 5) is 0. The third-order valence-corrected chi connectivity index (χ3v) is 5.38. The summed E-state index contributed by atoms with van der Waals surface area (Å²) in [5.74, 6) is 2.59. The molecule has 0 saturated heterocycles. The fraction of sp³-hybridized carbons (Fsp3) is 0.182. The predicted molar refractivity (Wildman–Crippen MR) is 111 cm³/mol. The van der Waals surface area contributed by atoms with Gasteiger partial charge in [0.1, 0.15) is 11.6 Å². The smallest absolute Gasteiger partial charge is 0.196 e. The van der Waals surface area contributed by atoms with Crippen molar-refractivity contribution >= 4 is 22.5 Å². The van der Waals surface area contributed by atoms with Crippen molar-refractivity contribution in [3.8, 4) is 11.4 Å². The molecule has 0 radical (unpaired) electrons. The van der Waals surface area contributed by atoms with Crippen LogP contribution in [-0.2, 0) is 5.75 Å². The average Bonchev–Trinajstić information content (AvgIpc) is 3.07. The van der Waals surface area contributed by atoms with E-state index < -0.39 is 0 Å². The first-order valence-corrected chi connectivity index (χ1v) is 9.99. The summed E-state index contributed by atoms with van der Waals surface area (Å²) in [5, 5.41) is 12.1. The summed E-state index contributed by atoms with van der Waals surface area (Å²) >= 11 is 1.70. The van der Waals surface area contributed by atoms with Crippen LogP contribution in [0, 0.1) is 6.92 Å². The molecule has 5 heteroatoms. The lowest BCUT2D eigenvalue weighted by molar-refractivity contribution is 0.340. The van der Waals surface area contributed by atoms with Gasteiger partial charge in [-0.05, 0) is 54.4 Å². The van der Waals surface area contributed by atoms with Gasteiger partial charge in [-0.25, -0.2) is 0 Å². The van der Waals surface area contributed by atoms with Gasteiger partial charge in [0, 0.05) is 11.4 Å². The van der Waals surface area contributed by atoms with Gasteiger partial charge in [0.15, 0.2) is 5.16 Å². The number of rotatable bonds is 6. The van der Waals surface area contributed by atoms with Crippen LogP contribution in [0.1, 0.15) is 18.3 Å². The predicted octanol–water partition coefficient (Wildman–Crippen LogP) is 5.42. The lowest BCUT2D eigenvalue weighted by Crippen LogP contribution is -2.00. The lowest BCUT2D eigenvalue weighted by atomic mass is 10.1. The van der Waals surface area contributed by atoms with E-state index in [2.05, 4.69) is 57.2 Å². The highest BCUT2D eigenvalue weighted by Crippen LogP contribution is 2.27. The molecule has 4 nitrogen and oxygen atoms in total. The minimum Gasteiger partial charge on any atom is -0.494 e. The second kappa shape index (κ2) is 7.84. The molecule has 0 aliphatic carbocycles. The standard InChI is InChI=1S/C22H21N3OS/c1-3-26-21-12-10-20(11-13-21)25-16(2)23-24-22(25)27-15-17-8-9-18-6-4-5-7-19(18)14-17/h4-14H,3,15H2,1-2H3. The van der Waals surface area contributed by atoms with Crippen LogP contribution in [-0.4, -0.2) is 21.4 Å². The number of benzene rings is 3. The molecule has 0 bridgehead atoms. The van der Waals surface area contributed by atoms with E-state index in [1.807, 2.05) is 38.1 Å². The fourth-order valence-corrected chi connectivity index (χ4v) is 4.01. The molecule has 1 heterocycles. The van der Waals surface area contributed by atoms with E-state index in [-0.39, 0.29) is 0 Å². The number of thioether (sulfide) groups is 1. The van der Waals surface area contributed by atoms with Crippen LogP contribution in [0.15, 0.2) is 71.9 Å². The monoisotopic (exact) mass is 375 g/mol. The van der Waals surface area contributed by atoms with Crippen LogP contribution in [0.3, 0.4) is 0 Å². The van der Waals surface area contributed by atoms with Crippen molar-refractivity contribution in [2.24, 2.45) is 0 Å². The lowest BCUT2D eigenvalue weighted by Gasteiger charge is -2.10. The number of fused-ring (bicyclic) bond motifs is 1. The van der Waals surface area contributed by atoms with Gasteiger partial charge < -0.3 is 4.74 Å². The number of hydrogen-bond donors (Lipinski definition) is 0. The normalized spacial score (nSPS) is 11.0. The van der Waals surface area contributed by atoms with Gasteiger partial charge in [-0.3, -0.25) is 4.57 Å². The summed E-state index contributed by atoms with van der Waals surface area (Å²) in [7, 11) is 0. The fourth-order valence-electron chi connectivity index (χ4n) is 3.07. The minimum atomic E-state index is 0.665. The van der Waals surface area contributed by atoms with Gasteiger partial charge in [-0.2, -0.15) is 0 Å². The van der Waals surface area contributed by atoms with Gasteiger partial charge in [-0.15, -0.1) is 10.2 Å². The maximum atomic E-state index is 5.53. The Balaban J connectivity index is 1.55. The Morgan fingerprint density at radius 3 is 2.48 bits per heavy atom. The van der Waals surface area contributed by atoms with Crippen LogP contribution >= 0.6 is 11.8 Å². The zero-order chi connectivity index (χ0) is 18.6. The molecule has 0 aliphatic heterocycles. The number of ether oxygens (including phenoxy) is 1. The van der Waals surface area contributed by atoms with Crippen LogP contribution in [0.25, 0.3) is 16.5 Å². The van der Waals surface area contributed by atoms with E-state index in [1.54, 1.807) is 11.8 Å². The van der Waals surface area contributed by atoms with Crippen LogP contribution < -0.4 is 4.74 Å². The molecule has 0 unspecified atom stereocenters. The van der Waals surface area contributed by atoms with Crippen molar-refractivity contribution in [3.05, 3.63) is 78.1 Å². The molecule has 0 N–H and O–H groups in total. The summed E-state index contributed by atoms with van der Waals surface area (Å²) in [6.07, 6.45) is 0. The molecule has 136 valence electrons. The number of aromatic nitrogens is 3. The topological polar surface area (TPSA) is 39.9 Å². The van der Waals surface area contributed by atoms with Crippen molar-refractivity contribution in [2.45, 2.75) is 24.8 Å². The molecular formula is C22H21N3OS. The highest BCUT2D eigenvalue weighted by molar-refractivity contribution is 7.98. The summed E-state index contributed by atoms with van der Waals surface area (Å²) in [6, 6.07) is 23.1. The number of aryl methyl sites for hydroxylation is 1. The van der Waals surface area contributed by atoms with E-state index in [4.69, 9.17) is 4.74 Å². The van der Waals surface area contributed by atoms with E-state index >= 15 is 0 Å².